The van der Waals surface area contributed by atoms with Gasteiger partial charge in [0, 0.05) is 14.8 Å². The maximum atomic E-state index is 13.3. The first-order valence-corrected chi connectivity index (χ1v) is 7.51. The van der Waals surface area contributed by atoms with Gasteiger partial charge in [-0.3, -0.25) is 0 Å². The highest BCUT2D eigenvalue weighted by molar-refractivity contribution is 9.09. The molecular formula is C13H10BrClF2S. The molecule has 0 saturated carbocycles. The second-order valence-electron chi connectivity index (χ2n) is 3.81. The molecule has 1 unspecified atom stereocenters. The molecule has 96 valence electrons. The minimum atomic E-state index is -0.927. The third-order valence-electron chi connectivity index (χ3n) is 2.59. The van der Waals surface area contributed by atoms with Gasteiger partial charge >= 0.3 is 0 Å². The van der Waals surface area contributed by atoms with Gasteiger partial charge in [0.25, 0.3) is 0 Å². The summed E-state index contributed by atoms with van der Waals surface area (Å²) in [5, 5.41) is 0.224. The molecule has 1 heterocycles. The van der Waals surface area contributed by atoms with E-state index >= 15 is 0 Å². The van der Waals surface area contributed by atoms with Crippen molar-refractivity contribution in [3.63, 3.8) is 0 Å². The number of benzene rings is 1. The molecule has 0 radical (unpaired) electrons. The number of aryl methyl sites for hydroxylation is 1. The van der Waals surface area contributed by atoms with Crippen molar-refractivity contribution >= 4 is 38.9 Å². The summed E-state index contributed by atoms with van der Waals surface area (Å²) in [6, 6.07) is 6.15. The van der Waals surface area contributed by atoms with Crippen LogP contribution in [0.1, 0.15) is 27.1 Å². The van der Waals surface area contributed by atoms with Crippen LogP contribution in [0.2, 0.25) is 5.02 Å². The standard InChI is InChI=1S/C13H10BrClF2S/c1-2-7-3-4-12(18-7)13(14)8-5-10(16)11(17)6-9(8)15/h3-6,13H,2H2,1H3. The molecule has 0 spiro atoms. The molecule has 18 heavy (non-hydrogen) atoms. The maximum absolute atomic E-state index is 13.3. The van der Waals surface area contributed by atoms with E-state index in [0.29, 0.717) is 5.56 Å². The Hall–Kier alpha value is -0.450. The molecule has 2 rings (SSSR count). The summed E-state index contributed by atoms with van der Waals surface area (Å²) in [7, 11) is 0. The van der Waals surface area contributed by atoms with Crippen molar-refractivity contribution in [2.45, 2.75) is 18.2 Å². The van der Waals surface area contributed by atoms with Crippen LogP contribution in [0.5, 0.6) is 0 Å². The van der Waals surface area contributed by atoms with Crippen LogP contribution in [0.25, 0.3) is 0 Å². The predicted octanol–water partition coefficient (Wildman–Crippen LogP) is 5.73. The Morgan fingerprint density at radius 2 is 1.94 bits per heavy atom. The summed E-state index contributed by atoms with van der Waals surface area (Å²) in [6.07, 6.45) is 0.954. The van der Waals surface area contributed by atoms with Crippen molar-refractivity contribution in [1.29, 1.82) is 0 Å². The average Bonchev–Trinajstić information content (AvgIpc) is 2.81. The summed E-state index contributed by atoms with van der Waals surface area (Å²) in [5.41, 5.74) is 0.542. The number of rotatable bonds is 3. The molecule has 1 aromatic carbocycles. The summed E-state index contributed by atoms with van der Waals surface area (Å²) in [5.74, 6) is -1.81. The van der Waals surface area contributed by atoms with Gasteiger partial charge in [-0.05, 0) is 36.2 Å². The van der Waals surface area contributed by atoms with Gasteiger partial charge in [-0.2, -0.15) is 0 Å². The molecule has 1 aromatic heterocycles. The zero-order chi connectivity index (χ0) is 13.3. The van der Waals surface area contributed by atoms with E-state index in [2.05, 4.69) is 22.9 Å². The van der Waals surface area contributed by atoms with Gasteiger partial charge < -0.3 is 0 Å². The summed E-state index contributed by atoms with van der Waals surface area (Å²) in [4.78, 5) is 2.05. The minimum absolute atomic E-state index is 0.217. The van der Waals surface area contributed by atoms with Crippen LogP contribution in [-0.4, -0.2) is 0 Å². The highest BCUT2D eigenvalue weighted by Crippen LogP contribution is 2.39. The molecule has 0 saturated heterocycles. The van der Waals surface area contributed by atoms with Gasteiger partial charge in [-0.25, -0.2) is 8.78 Å². The number of hydrogen-bond acceptors (Lipinski definition) is 1. The fourth-order valence-electron chi connectivity index (χ4n) is 1.61. The SMILES string of the molecule is CCc1ccc(C(Br)c2cc(F)c(F)cc2Cl)s1. The molecule has 0 bridgehead atoms. The Balaban J connectivity index is 2.39. The zero-order valence-corrected chi connectivity index (χ0v) is 12.7. The quantitative estimate of drug-likeness (QED) is 0.489. The highest BCUT2D eigenvalue weighted by Gasteiger charge is 2.18. The van der Waals surface area contributed by atoms with E-state index in [9.17, 15) is 8.78 Å². The van der Waals surface area contributed by atoms with Crippen LogP contribution in [-0.2, 0) is 6.42 Å². The van der Waals surface area contributed by atoms with E-state index in [1.807, 2.05) is 12.1 Å². The van der Waals surface area contributed by atoms with Crippen molar-refractivity contribution in [1.82, 2.24) is 0 Å². The van der Waals surface area contributed by atoms with E-state index in [4.69, 9.17) is 11.6 Å². The number of halogens is 4. The zero-order valence-electron chi connectivity index (χ0n) is 9.51. The van der Waals surface area contributed by atoms with E-state index in [0.717, 1.165) is 23.4 Å². The highest BCUT2D eigenvalue weighted by atomic mass is 79.9. The lowest BCUT2D eigenvalue weighted by Crippen LogP contribution is -1.95. The van der Waals surface area contributed by atoms with Crippen molar-refractivity contribution in [3.8, 4) is 0 Å². The van der Waals surface area contributed by atoms with E-state index < -0.39 is 11.6 Å². The Labute approximate surface area is 122 Å². The van der Waals surface area contributed by atoms with Crippen LogP contribution in [0.4, 0.5) is 8.78 Å². The van der Waals surface area contributed by atoms with Gasteiger partial charge in [-0.1, -0.05) is 34.5 Å². The van der Waals surface area contributed by atoms with Crippen LogP contribution >= 0.6 is 38.9 Å². The van der Waals surface area contributed by atoms with Crippen molar-refractivity contribution in [2.75, 3.05) is 0 Å². The Kier molecular flexibility index (Phi) is 4.41. The monoisotopic (exact) mass is 350 g/mol. The van der Waals surface area contributed by atoms with Crippen molar-refractivity contribution in [2.24, 2.45) is 0 Å². The van der Waals surface area contributed by atoms with Crippen molar-refractivity contribution < 1.29 is 8.78 Å². The molecule has 2 aromatic rings. The van der Waals surface area contributed by atoms with Gasteiger partial charge in [0.05, 0.1) is 4.83 Å². The molecule has 0 amide bonds. The molecule has 1 atom stereocenters. The largest absolute Gasteiger partial charge is 0.204 e. The lowest BCUT2D eigenvalue weighted by molar-refractivity contribution is 0.507. The lowest BCUT2D eigenvalue weighted by Gasteiger charge is -2.10. The molecule has 0 fully saturated rings. The first-order chi connectivity index (χ1) is 8.52. The van der Waals surface area contributed by atoms with Gasteiger partial charge in [0.15, 0.2) is 11.6 Å². The smallest absolute Gasteiger partial charge is 0.160 e. The second kappa shape index (κ2) is 5.68. The Bertz CT molecular complexity index is 568. The first-order valence-electron chi connectivity index (χ1n) is 5.40. The van der Waals surface area contributed by atoms with E-state index in [1.54, 1.807) is 11.3 Å². The third kappa shape index (κ3) is 2.76. The summed E-state index contributed by atoms with van der Waals surface area (Å²) in [6.45, 7) is 2.07. The predicted molar refractivity (Wildman–Crippen MR) is 75.8 cm³/mol. The van der Waals surface area contributed by atoms with Crippen molar-refractivity contribution in [3.05, 3.63) is 56.2 Å². The fraction of sp³-hybridized carbons (Fsp3) is 0.231. The molecule has 0 aliphatic heterocycles. The normalized spacial score (nSPS) is 12.7. The van der Waals surface area contributed by atoms with Gasteiger partial charge in [-0.15, -0.1) is 11.3 Å². The molecule has 0 aliphatic rings. The molecule has 0 aliphatic carbocycles. The number of alkyl halides is 1. The molecular weight excluding hydrogens is 342 g/mol. The minimum Gasteiger partial charge on any atom is -0.204 e. The summed E-state index contributed by atoms with van der Waals surface area (Å²) < 4.78 is 26.3. The fourth-order valence-corrected chi connectivity index (χ4v) is 3.76. The van der Waals surface area contributed by atoms with Crippen LogP contribution < -0.4 is 0 Å². The second-order valence-corrected chi connectivity index (χ2v) is 6.33. The Morgan fingerprint density at radius 3 is 2.56 bits per heavy atom. The molecule has 0 nitrogen and oxygen atoms in total. The van der Waals surface area contributed by atoms with E-state index in [1.165, 1.54) is 4.88 Å². The van der Waals surface area contributed by atoms with Gasteiger partial charge in [0.2, 0.25) is 0 Å². The lowest BCUT2D eigenvalue weighted by atomic mass is 10.1. The third-order valence-corrected chi connectivity index (χ3v) is 5.50. The number of thiophene rings is 1. The van der Waals surface area contributed by atoms with Gasteiger partial charge in [0.1, 0.15) is 0 Å². The molecule has 5 heteroatoms. The molecule has 0 N–H and O–H groups in total. The topological polar surface area (TPSA) is 0 Å². The Morgan fingerprint density at radius 1 is 1.28 bits per heavy atom. The number of hydrogen-bond donors (Lipinski definition) is 0. The van der Waals surface area contributed by atoms with E-state index in [-0.39, 0.29) is 9.85 Å². The van der Waals surface area contributed by atoms with Crippen LogP contribution in [0.3, 0.4) is 0 Å². The van der Waals surface area contributed by atoms with Crippen LogP contribution in [0, 0.1) is 11.6 Å². The maximum Gasteiger partial charge on any atom is 0.160 e. The average molecular weight is 352 g/mol. The summed E-state index contributed by atoms with van der Waals surface area (Å²) >= 11 is 11.1. The first kappa shape index (κ1) is 14.0. The van der Waals surface area contributed by atoms with Crippen LogP contribution in [0.15, 0.2) is 24.3 Å².